The third kappa shape index (κ3) is 2.03. The fraction of sp³-hybridized carbons (Fsp3) is 0. The third-order valence-electron chi connectivity index (χ3n) is 4.46. The van der Waals surface area contributed by atoms with E-state index < -0.39 is 0 Å². The lowest BCUT2D eigenvalue weighted by Gasteiger charge is -2.04. The molecule has 5 rings (SSSR count). The Labute approximate surface area is 143 Å². The summed E-state index contributed by atoms with van der Waals surface area (Å²) in [6.45, 7) is 0. The molecule has 0 saturated carbocycles. The van der Waals surface area contributed by atoms with Crippen LogP contribution in [0.4, 0.5) is 5.82 Å². The molecule has 1 aliphatic carbocycles. The van der Waals surface area contributed by atoms with Gasteiger partial charge in [-0.25, -0.2) is 0 Å². The molecule has 1 aromatic heterocycles. The lowest BCUT2D eigenvalue weighted by atomic mass is 10.1. The number of nitrogens with one attached hydrogen (secondary N) is 1. The van der Waals surface area contributed by atoms with Gasteiger partial charge in [-0.3, -0.25) is 10.2 Å². The second kappa shape index (κ2) is 5.21. The van der Waals surface area contributed by atoms with Crippen LogP contribution in [0, 0.1) is 0 Å². The molecule has 5 nitrogen and oxygen atoms in total. The average molecular weight is 324 g/mol. The Morgan fingerprint density at radius 3 is 2.48 bits per heavy atom. The highest BCUT2D eigenvalue weighted by Gasteiger charge is 2.28. The summed E-state index contributed by atoms with van der Waals surface area (Å²) in [7, 11) is 0. The Hall–Kier alpha value is -3.60. The maximum absolute atomic E-state index is 12.8. The number of anilines is 1. The number of aromatic nitrogens is 2. The highest BCUT2D eigenvalue weighted by molar-refractivity contribution is 6.59. The van der Waals surface area contributed by atoms with Crippen LogP contribution in [0.15, 0.2) is 72.0 Å². The van der Waals surface area contributed by atoms with Crippen molar-refractivity contribution in [3.8, 4) is 0 Å². The maximum atomic E-state index is 12.8. The molecule has 1 N–H and O–H groups in total. The molecule has 25 heavy (non-hydrogen) atoms. The Kier molecular flexibility index (Phi) is 2.87. The van der Waals surface area contributed by atoms with Crippen molar-refractivity contribution in [2.45, 2.75) is 0 Å². The lowest BCUT2D eigenvalue weighted by molar-refractivity contribution is 0.107. The monoisotopic (exact) mass is 324 g/mol. The van der Waals surface area contributed by atoms with Crippen LogP contribution >= 0.6 is 0 Å². The number of hydrogen-bond acceptors (Lipinski definition) is 5. The van der Waals surface area contributed by atoms with Crippen molar-refractivity contribution in [2.75, 3.05) is 5.43 Å². The predicted octanol–water partition coefficient (Wildman–Crippen LogP) is 3.80. The van der Waals surface area contributed by atoms with E-state index in [-0.39, 0.29) is 5.78 Å². The molecular weight excluding hydrogens is 312 g/mol. The van der Waals surface area contributed by atoms with Gasteiger partial charge >= 0.3 is 0 Å². The Morgan fingerprint density at radius 2 is 1.60 bits per heavy atom. The van der Waals surface area contributed by atoms with Gasteiger partial charge in [-0.15, -0.1) is 5.10 Å². The normalized spacial score (nSPS) is 14.6. The molecule has 0 amide bonds. The van der Waals surface area contributed by atoms with Gasteiger partial charge in [-0.2, -0.15) is 10.2 Å². The van der Waals surface area contributed by atoms with Crippen molar-refractivity contribution in [2.24, 2.45) is 5.10 Å². The zero-order chi connectivity index (χ0) is 16.8. The first kappa shape index (κ1) is 13.8. The fourth-order valence-corrected chi connectivity index (χ4v) is 3.31. The number of benzene rings is 3. The number of hydrazone groups is 1. The summed E-state index contributed by atoms with van der Waals surface area (Å²) < 4.78 is 0. The van der Waals surface area contributed by atoms with Crippen LogP contribution in [-0.2, 0) is 0 Å². The number of carbonyl (C=O) groups is 1. The van der Waals surface area contributed by atoms with E-state index in [9.17, 15) is 4.79 Å². The topological polar surface area (TPSA) is 67.2 Å². The molecule has 0 atom stereocenters. The summed E-state index contributed by atoms with van der Waals surface area (Å²) in [5.41, 5.74) is 4.87. The van der Waals surface area contributed by atoms with E-state index in [1.807, 2.05) is 60.7 Å². The summed E-state index contributed by atoms with van der Waals surface area (Å²) in [6, 6.07) is 19.4. The first-order valence-corrected chi connectivity index (χ1v) is 7.94. The fourth-order valence-electron chi connectivity index (χ4n) is 3.31. The van der Waals surface area contributed by atoms with Crippen molar-refractivity contribution in [3.05, 3.63) is 78.0 Å². The van der Waals surface area contributed by atoms with Gasteiger partial charge in [0.25, 0.3) is 0 Å². The molecule has 1 heterocycles. The molecule has 0 unspecified atom stereocenters. The summed E-state index contributed by atoms with van der Waals surface area (Å²) in [5.74, 6) is 0.453. The zero-order valence-corrected chi connectivity index (χ0v) is 13.1. The summed E-state index contributed by atoms with van der Waals surface area (Å²) in [4.78, 5) is 12.8. The second-order valence-corrected chi connectivity index (χ2v) is 5.89. The molecule has 0 spiro atoms. The van der Waals surface area contributed by atoms with E-state index in [0.29, 0.717) is 17.1 Å². The molecule has 5 heteroatoms. The molecule has 0 aliphatic heterocycles. The van der Waals surface area contributed by atoms with E-state index in [0.717, 1.165) is 27.1 Å². The van der Waals surface area contributed by atoms with Gasteiger partial charge in [0.1, 0.15) is 5.71 Å². The second-order valence-electron chi connectivity index (χ2n) is 5.89. The van der Waals surface area contributed by atoms with Crippen molar-refractivity contribution < 1.29 is 4.79 Å². The molecule has 1 aliphatic rings. The minimum Gasteiger partial charge on any atom is -0.287 e. The quantitative estimate of drug-likeness (QED) is 0.570. The SMILES string of the molecule is O=C1/C(=N\Nc2nncc3ccccc23)c2cccc3cccc1c23. The van der Waals surface area contributed by atoms with E-state index >= 15 is 0 Å². The van der Waals surface area contributed by atoms with Crippen molar-refractivity contribution >= 4 is 38.9 Å². The number of ketones is 1. The molecule has 3 aromatic carbocycles. The van der Waals surface area contributed by atoms with Crippen molar-refractivity contribution in [1.29, 1.82) is 0 Å². The van der Waals surface area contributed by atoms with E-state index in [4.69, 9.17) is 0 Å². The largest absolute Gasteiger partial charge is 0.287 e. The molecule has 0 radical (unpaired) electrons. The van der Waals surface area contributed by atoms with Gasteiger partial charge in [0, 0.05) is 27.3 Å². The first-order valence-electron chi connectivity index (χ1n) is 7.94. The Morgan fingerprint density at radius 1 is 0.840 bits per heavy atom. The molecule has 118 valence electrons. The van der Waals surface area contributed by atoms with Gasteiger partial charge < -0.3 is 0 Å². The smallest absolute Gasteiger partial charge is 0.214 e. The van der Waals surface area contributed by atoms with Crippen LogP contribution in [0.1, 0.15) is 15.9 Å². The van der Waals surface area contributed by atoms with E-state index in [2.05, 4.69) is 20.7 Å². The molecular formula is C20H12N4O. The highest BCUT2D eigenvalue weighted by atomic mass is 16.1. The summed E-state index contributed by atoms with van der Waals surface area (Å²) in [5, 5.41) is 16.3. The standard InChI is InChI=1S/C20H12N4O/c25-19-16-10-4-7-12-6-3-9-15(17(12)16)18(19)22-24-20-14-8-2-1-5-13(14)11-21-23-20/h1-11H,(H,23,24)/b22-18-. The van der Waals surface area contributed by atoms with E-state index in [1.54, 1.807) is 6.20 Å². The predicted molar refractivity (Wildman–Crippen MR) is 98.0 cm³/mol. The first-order chi connectivity index (χ1) is 12.3. The molecule has 0 fully saturated rings. The highest BCUT2D eigenvalue weighted by Crippen LogP contribution is 2.31. The van der Waals surface area contributed by atoms with Crippen LogP contribution in [0.25, 0.3) is 21.5 Å². The Bertz CT molecular complexity index is 1190. The minimum absolute atomic E-state index is 0.0764. The Balaban J connectivity index is 1.63. The average Bonchev–Trinajstić information content (AvgIpc) is 2.94. The summed E-state index contributed by atoms with van der Waals surface area (Å²) >= 11 is 0. The van der Waals surface area contributed by atoms with Crippen LogP contribution in [0.3, 0.4) is 0 Å². The van der Waals surface area contributed by atoms with Crippen molar-refractivity contribution in [3.63, 3.8) is 0 Å². The zero-order valence-electron chi connectivity index (χ0n) is 13.1. The molecule has 0 saturated heterocycles. The van der Waals surface area contributed by atoms with Crippen LogP contribution in [0.5, 0.6) is 0 Å². The third-order valence-corrected chi connectivity index (χ3v) is 4.46. The summed E-state index contributed by atoms with van der Waals surface area (Å²) in [6.07, 6.45) is 1.70. The number of nitrogens with zero attached hydrogens (tertiary/aromatic N) is 3. The number of rotatable bonds is 2. The number of carbonyl (C=O) groups excluding carboxylic acids is 1. The lowest BCUT2D eigenvalue weighted by Crippen LogP contribution is -2.11. The van der Waals surface area contributed by atoms with Crippen LogP contribution in [0.2, 0.25) is 0 Å². The van der Waals surface area contributed by atoms with Gasteiger partial charge in [0.15, 0.2) is 5.82 Å². The van der Waals surface area contributed by atoms with Crippen molar-refractivity contribution in [1.82, 2.24) is 10.2 Å². The van der Waals surface area contributed by atoms with Crippen LogP contribution in [-0.4, -0.2) is 21.7 Å². The van der Waals surface area contributed by atoms with Gasteiger partial charge in [0.05, 0.1) is 6.20 Å². The number of hydrogen-bond donors (Lipinski definition) is 1. The minimum atomic E-state index is -0.0764. The van der Waals surface area contributed by atoms with Gasteiger partial charge in [-0.05, 0) is 5.39 Å². The number of fused-ring (bicyclic) bond motifs is 1. The van der Waals surface area contributed by atoms with Gasteiger partial charge in [-0.1, -0.05) is 60.7 Å². The van der Waals surface area contributed by atoms with Crippen LogP contribution < -0.4 is 5.43 Å². The molecule has 4 aromatic rings. The number of Topliss-reactive ketones (excluding diaryl/α,β-unsaturated/α-hetero) is 1. The molecule has 0 bridgehead atoms. The van der Waals surface area contributed by atoms with Gasteiger partial charge in [0.2, 0.25) is 5.78 Å². The maximum Gasteiger partial charge on any atom is 0.214 e. The van der Waals surface area contributed by atoms with E-state index in [1.165, 1.54) is 0 Å².